The van der Waals surface area contributed by atoms with Gasteiger partial charge in [-0.15, -0.1) is 0 Å². The van der Waals surface area contributed by atoms with Crippen molar-refractivity contribution >= 4 is 5.91 Å². The van der Waals surface area contributed by atoms with Crippen LogP contribution < -0.4 is 5.32 Å². The lowest BCUT2D eigenvalue weighted by Gasteiger charge is -2.33. The third-order valence-corrected chi connectivity index (χ3v) is 5.40. The second kappa shape index (κ2) is 7.96. The van der Waals surface area contributed by atoms with E-state index in [4.69, 9.17) is 0 Å². The van der Waals surface area contributed by atoms with Crippen LogP contribution in [0.15, 0.2) is 24.3 Å². The third kappa shape index (κ3) is 4.57. The summed E-state index contributed by atoms with van der Waals surface area (Å²) in [6.45, 7) is 5.80. The highest BCUT2D eigenvalue weighted by Crippen LogP contribution is 2.33. The molecule has 2 saturated heterocycles. The van der Waals surface area contributed by atoms with Crippen LogP contribution in [0.5, 0.6) is 0 Å². The lowest BCUT2D eigenvalue weighted by atomic mass is 10.0. The van der Waals surface area contributed by atoms with Gasteiger partial charge in [-0.25, -0.2) is 0 Å². The van der Waals surface area contributed by atoms with Crippen molar-refractivity contribution in [2.75, 3.05) is 26.2 Å². The summed E-state index contributed by atoms with van der Waals surface area (Å²) in [5.41, 5.74) is -0.499. The molecule has 0 aromatic heterocycles. The van der Waals surface area contributed by atoms with E-state index in [9.17, 15) is 18.0 Å². The summed E-state index contributed by atoms with van der Waals surface area (Å²) in [6.07, 6.45) is -1.93. The van der Waals surface area contributed by atoms with Crippen molar-refractivity contribution < 1.29 is 18.0 Å². The molecule has 2 aliphatic rings. The Kier molecular flexibility index (Phi) is 5.87. The number of rotatable bonds is 5. The van der Waals surface area contributed by atoms with Gasteiger partial charge in [0, 0.05) is 31.6 Å². The van der Waals surface area contributed by atoms with Crippen LogP contribution in [-0.4, -0.2) is 54.0 Å². The second-order valence-corrected chi connectivity index (χ2v) is 7.21. The largest absolute Gasteiger partial charge is 0.416 e. The first-order chi connectivity index (χ1) is 12.4. The van der Waals surface area contributed by atoms with Gasteiger partial charge in [-0.1, -0.05) is 25.1 Å². The van der Waals surface area contributed by atoms with Gasteiger partial charge in [0.15, 0.2) is 0 Å². The first kappa shape index (κ1) is 19.2. The molecule has 144 valence electrons. The fourth-order valence-electron chi connectivity index (χ4n) is 3.93. The van der Waals surface area contributed by atoms with E-state index in [1.54, 1.807) is 11.0 Å². The zero-order chi connectivity index (χ0) is 18.7. The molecule has 0 unspecified atom stereocenters. The van der Waals surface area contributed by atoms with Crippen LogP contribution in [0.3, 0.4) is 0 Å². The van der Waals surface area contributed by atoms with Crippen molar-refractivity contribution in [3.63, 3.8) is 0 Å². The maximum absolute atomic E-state index is 13.1. The Morgan fingerprint density at radius 1 is 1.15 bits per heavy atom. The van der Waals surface area contributed by atoms with Crippen LogP contribution in [-0.2, 0) is 17.5 Å². The molecule has 26 heavy (non-hydrogen) atoms. The van der Waals surface area contributed by atoms with Crippen LogP contribution >= 0.6 is 0 Å². The molecule has 1 aromatic rings. The zero-order valence-corrected chi connectivity index (χ0v) is 15.1. The number of hydrogen-bond acceptors (Lipinski definition) is 3. The average molecular weight is 369 g/mol. The van der Waals surface area contributed by atoms with Gasteiger partial charge in [0.2, 0.25) is 5.91 Å². The SMILES string of the molecule is CCN1CCC(N[C@H]2CC(=O)N(Cc3ccccc3C(F)(F)F)C2)CC1. The normalized spacial score (nSPS) is 23.0. The van der Waals surface area contributed by atoms with Crippen LogP contribution in [0.1, 0.15) is 37.3 Å². The van der Waals surface area contributed by atoms with E-state index in [0.717, 1.165) is 38.5 Å². The molecule has 4 nitrogen and oxygen atoms in total. The average Bonchev–Trinajstić information content (AvgIpc) is 2.94. The number of carbonyl (C=O) groups is 1. The molecule has 0 saturated carbocycles. The number of benzene rings is 1. The molecule has 7 heteroatoms. The van der Waals surface area contributed by atoms with Gasteiger partial charge < -0.3 is 15.1 Å². The molecule has 0 spiro atoms. The number of halogens is 3. The quantitative estimate of drug-likeness (QED) is 0.867. The van der Waals surface area contributed by atoms with Crippen LogP contribution in [0.4, 0.5) is 13.2 Å². The van der Waals surface area contributed by atoms with E-state index in [2.05, 4.69) is 17.1 Å². The lowest BCUT2D eigenvalue weighted by Crippen LogP contribution is -2.46. The van der Waals surface area contributed by atoms with Gasteiger partial charge in [0.25, 0.3) is 0 Å². The molecule has 0 bridgehead atoms. The Balaban J connectivity index is 1.58. The molecule has 1 amide bonds. The minimum atomic E-state index is -4.40. The van der Waals surface area contributed by atoms with E-state index < -0.39 is 11.7 Å². The number of alkyl halides is 3. The first-order valence-corrected chi connectivity index (χ1v) is 9.28. The highest BCUT2D eigenvalue weighted by molar-refractivity contribution is 5.79. The first-order valence-electron chi connectivity index (χ1n) is 9.28. The monoisotopic (exact) mass is 369 g/mol. The molecule has 2 aliphatic heterocycles. The molecule has 0 aliphatic carbocycles. The molecule has 1 N–H and O–H groups in total. The third-order valence-electron chi connectivity index (χ3n) is 5.40. The van der Waals surface area contributed by atoms with Crippen molar-refractivity contribution in [2.45, 2.75) is 51.0 Å². The topological polar surface area (TPSA) is 35.6 Å². The number of hydrogen-bond donors (Lipinski definition) is 1. The second-order valence-electron chi connectivity index (χ2n) is 7.21. The minimum absolute atomic E-state index is 0.0149. The Hall–Kier alpha value is -1.60. The molecule has 2 fully saturated rings. The summed E-state index contributed by atoms with van der Waals surface area (Å²) in [5.74, 6) is -0.0783. The molecule has 1 aromatic carbocycles. The van der Waals surface area contributed by atoms with Gasteiger partial charge >= 0.3 is 6.18 Å². The van der Waals surface area contributed by atoms with Gasteiger partial charge in [-0.05, 0) is 44.1 Å². The predicted molar refractivity (Wildman–Crippen MR) is 93.5 cm³/mol. The number of amides is 1. The van der Waals surface area contributed by atoms with Crippen LogP contribution in [0.25, 0.3) is 0 Å². The lowest BCUT2D eigenvalue weighted by molar-refractivity contribution is -0.139. The molecule has 1 atom stereocenters. The summed E-state index contributed by atoms with van der Waals surface area (Å²) >= 11 is 0. The summed E-state index contributed by atoms with van der Waals surface area (Å²) < 4.78 is 39.4. The predicted octanol–water partition coefficient (Wildman–Crippen LogP) is 2.88. The summed E-state index contributed by atoms with van der Waals surface area (Å²) in [5, 5.41) is 3.54. The number of piperidine rings is 1. The van der Waals surface area contributed by atoms with Crippen molar-refractivity contribution in [3.05, 3.63) is 35.4 Å². The molecular weight excluding hydrogens is 343 g/mol. The van der Waals surface area contributed by atoms with Gasteiger partial charge in [-0.3, -0.25) is 4.79 Å². The summed E-state index contributed by atoms with van der Waals surface area (Å²) in [6, 6.07) is 5.91. The van der Waals surface area contributed by atoms with Crippen molar-refractivity contribution in [1.82, 2.24) is 15.1 Å². The van der Waals surface area contributed by atoms with Crippen molar-refractivity contribution in [1.29, 1.82) is 0 Å². The maximum Gasteiger partial charge on any atom is 0.416 e. The van der Waals surface area contributed by atoms with E-state index >= 15 is 0 Å². The van der Waals surface area contributed by atoms with E-state index in [0.29, 0.717) is 19.0 Å². The molecule has 2 heterocycles. The van der Waals surface area contributed by atoms with Crippen LogP contribution in [0, 0.1) is 0 Å². The molecule has 0 radical (unpaired) electrons. The fraction of sp³-hybridized carbons (Fsp3) is 0.632. The number of likely N-dealkylation sites (tertiary alicyclic amines) is 2. The van der Waals surface area contributed by atoms with E-state index in [1.165, 1.54) is 12.1 Å². The smallest absolute Gasteiger partial charge is 0.337 e. The zero-order valence-electron chi connectivity index (χ0n) is 15.1. The Morgan fingerprint density at radius 2 is 1.85 bits per heavy atom. The highest BCUT2D eigenvalue weighted by atomic mass is 19.4. The number of nitrogens with zero attached hydrogens (tertiary/aromatic N) is 2. The van der Waals surface area contributed by atoms with E-state index in [1.807, 2.05) is 0 Å². The standard InChI is InChI=1S/C19H26F3N3O/c1-2-24-9-7-15(8-10-24)23-16-11-18(26)25(13-16)12-14-5-3-4-6-17(14)19(20,21)22/h3-6,15-16,23H,2,7-13H2,1H3/t16-/m0/s1. The Bertz CT molecular complexity index is 627. The highest BCUT2D eigenvalue weighted by Gasteiger charge is 2.36. The fourth-order valence-corrected chi connectivity index (χ4v) is 3.93. The molecular formula is C19H26F3N3O. The number of carbonyl (C=O) groups excluding carboxylic acids is 1. The molecule has 3 rings (SSSR count). The Morgan fingerprint density at radius 3 is 2.50 bits per heavy atom. The maximum atomic E-state index is 13.1. The van der Waals surface area contributed by atoms with Gasteiger partial charge in [0.1, 0.15) is 0 Å². The van der Waals surface area contributed by atoms with Gasteiger partial charge in [0.05, 0.1) is 5.56 Å². The van der Waals surface area contributed by atoms with Crippen molar-refractivity contribution in [3.8, 4) is 0 Å². The van der Waals surface area contributed by atoms with Crippen molar-refractivity contribution in [2.24, 2.45) is 0 Å². The van der Waals surface area contributed by atoms with Gasteiger partial charge in [-0.2, -0.15) is 13.2 Å². The van der Waals surface area contributed by atoms with Crippen LogP contribution in [0.2, 0.25) is 0 Å². The summed E-state index contributed by atoms with van der Waals surface area (Å²) in [7, 11) is 0. The van der Waals surface area contributed by atoms with E-state index in [-0.39, 0.29) is 24.1 Å². The minimum Gasteiger partial charge on any atom is -0.337 e. The number of nitrogens with one attached hydrogen (secondary N) is 1. The Labute approximate surface area is 152 Å². The summed E-state index contributed by atoms with van der Waals surface area (Å²) in [4.78, 5) is 16.2.